The van der Waals surface area contributed by atoms with E-state index >= 15 is 0 Å². The number of hydrogen-bond acceptors (Lipinski definition) is 2. The monoisotopic (exact) mass is 396 g/mol. The van der Waals surface area contributed by atoms with Crippen LogP contribution < -0.4 is 4.74 Å². The maximum Gasteiger partial charge on any atom is 0.142 e. The molecule has 0 aliphatic heterocycles. The molecule has 0 aliphatic carbocycles. The number of fused-ring (bicyclic) bond motifs is 1. The van der Waals surface area contributed by atoms with Crippen LogP contribution in [0.25, 0.3) is 22.4 Å². The van der Waals surface area contributed by atoms with E-state index in [-0.39, 0.29) is 0 Å². The third-order valence-electron chi connectivity index (χ3n) is 4.48. The average molecular weight is 397 g/mol. The molecule has 3 aromatic carbocycles. The highest BCUT2D eigenvalue weighted by molar-refractivity contribution is 6.33. The van der Waals surface area contributed by atoms with Crippen LogP contribution in [0.5, 0.6) is 5.75 Å². The van der Waals surface area contributed by atoms with Crippen molar-refractivity contribution in [1.29, 1.82) is 0 Å². The van der Waals surface area contributed by atoms with Crippen molar-refractivity contribution in [2.45, 2.75) is 13.5 Å². The topological polar surface area (TPSA) is 27.1 Å². The number of nitrogens with zero attached hydrogens (tertiary/aromatic N) is 2. The Labute approximate surface area is 168 Å². The van der Waals surface area contributed by atoms with E-state index in [1.165, 1.54) is 0 Å². The van der Waals surface area contributed by atoms with Gasteiger partial charge in [0.2, 0.25) is 0 Å². The smallest absolute Gasteiger partial charge is 0.142 e. The number of ether oxygens (including phenoxy) is 1. The summed E-state index contributed by atoms with van der Waals surface area (Å²) in [5.41, 5.74) is 3.91. The van der Waals surface area contributed by atoms with E-state index < -0.39 is 0 Å². The fraction of sp³-hybridized carbons (Fsp3) is 0.136. The zero-order valence-electron chi connectivity index (χ0n) is 14.8. The number of halogens is 2. The Balaban J connectivity index is 1.65. The second kappa shape index (κ2) is 7.63. The number of para-hydroxylation sites is 2. The molecular formula is C22H18Cl2N2O. The number of imidazole rings is 1. The van der Waals surface area contributed by atoms with Crippen LogP contribution in [0.3, 0.4) is 0 Å². The first-order valence-corrected chi connectivity index (χ1v) is 9.48. The molecule has 0 saturated heterocycles. The van der Waals surface area contributed by atoms with E-state index in [4.69, 9.17) is 32.9 Å². The molecule has 1 aromatic heterocycles. The lowest BCUT2D eigenvalue weighted by Crippen LogP contribution is -2.09. The first kappa shape index (κ1) is 17.9. The number of aryl methyl sites for hydroxylation is 1. The van der Waals surface area contributed by atoms with Crippen molar-refractivity contribution >= 4 is 34.2 Å². The lowest BCUT2D eigenvalue weighted by molar-refractivity contribution is 0.300. The molecule has 4 aromatic rings. The summed E-state index contributed by atoms with van der Waals surface area (Å²) in [6, 6.07) is 21.5. The molecular weight excluding hydrogens is 379 g/mol. The van der Waals surface area contributed by atoms with Gasteiger partial charge in [-0.1, -0.05) is 47.5 Å². The van der Waals surface area contributed by atoms with Gasteiger partial charge in [-0.3, -0.25) is 0 Å². The largest absolute Gasteiger partial charge is 0.492 e. The first-order valence-electron chi connectivity index (χ1n) is 8.72. The minimum atomic E-state index is 0.513. The van der Waals surface area contributed by atoms with Crippen LogP contribution in [0.15, 0.2) is 66.7 Å². The Morgan fingerprint density at radius 2 is 1.70 bits per heavy atom. The summed E-state index contributed by atoms with van der Waals surface area (Å²) in [6.07, 6.45) is 0. The normalized spacial score (nSPS) is 11.1. The van der Waals surface area contributed by atoms with Crippen molar-refractivity contribution in [1.82, 2.24) is 9.55 Å². The maximum absolute atomic E-state index is 6.42. The zero-order chi connectivity index (χ0) is 18.8. The fourth-order valence-electron chi connectivity index (χ4n) is 3.11. The lowest BCUT2D eigenvalue weighted by atomic mass is 10.2. The van der Waals surface area contributed by atoms with Crippen molar-refractivity contribution in [2.75, 3.05) is 6.61 Å². The van der Waals surface area contributed by atoms with Gasteiger partial charge in [-0.25, -0.2) is 4.98 Å². The Morgan fingerprint density at radius 1 is 0.926 bits per heavy atom. The lowest BCUT2D eigenvalue weighted by Gasteiger charge is -2.12. The second-order valence-corrected chi connectivity index (χ2v) is 7.13. The van der Waals surface area contributed by atoms with Gasteiger partial charge in [-0.05, 0) is 55.0 Å². The highest BCUT2D eigenvalue weighted by Gasteiger charge is 2.14. The fourth-order valence-corrected chi connectivity index (χ4v) is 3.45. The van der Waals surface area contributed by atoms with Crippen molar-refractivity contribution in [3.05, 3.63) is 82.3 Å². The molecule has 0 N–H and O–H groups in total. The van der Waals surface area contributed by atoms with Gasteiger partial charge in [0, 0.05) is 10.6 Å². The molecule has 1 heterocycles. The van der Waals surface area contributed by atoms with E-state index in [1.54, 1.807) is 0 Å². The van der Waals surface area contributed by atoms with Crippen molar-refractivity contribution in [3.63, 3.8) is 0 Å². The van der Waals surface area contributed by atoms with E-state index in [1.807, 2.05) is 67.6 Å². The summed E-state index contributed by atoms with van der Waals surface area (Å²) in [5.74, 6) is 1.65. The van der Waals surface area contributed by atoms with Gasteiger partial charge in [-0.2, -0.15) is 0 Å². The van der Waals surface area contributed by atoms with Gasteiger partial charge >= 0.3 is 0 Å². The minimum absolute atomic E-state index is 0.513. The molecule has 136 valence electrons. The summed E-state index contributed by atoms with van der Waals surface area (Å²) >= 11 is 12.5. The number of benzene rings is 3. The highest BCUT2D eigenvalue weighted by atomic mass is 35.5. The zero-order valence-corrected chi connectivity index (χ0v) is 16.3. The molecule has 0 aliphatic rings. The standard InChI is InChI=1S/C22H18Cl2N2O/c1-15-14-16(10-11-18(15)23)27-13-12-26-21-9-5-4-8-20(21)25-22(26)17-6-2-3-7-19(17)24/h2-11,14H,12-13H2,1H3. The Morgan fingerprint density at radius 3 is 2.52 bits per heavy atom. The summed E-state index contributed by atoms with van der Waals surface area (Å²) in [5, 5.41) is 1.42. The molecule has 0 bridgehead atoms. The van der Waals surface area contributed by atoms with E-state index in [0.717, 1.165) is 38.8 Å². The van der Waals surface area contributed by atoms with E-state index in [9.17, 15) is 0 Å². The highest BCUT2D eigenvalue weighted by Crippen LogP contribution is 2.30. The van der Waals surface area contributed by atoms with Crippen LogP contribution in [-0.2, 0) is 6.54 Å². The van der Waals surface area contributed by atoms with Gasteiger partial charge < -0.3 is 9.30 Å². The quantitative estimate of drug-likeness (QED) is 0.390. The third kappa shape index (κ3) is 3.66. The molecule has 0 unspecified atom stereocenters. The number of rotatable bonds is 5. The van der Waals surface area contributed by atoms with Gasteiger partial charge in [0.15, 0.2) is 0 Å². The van der Waals surface area contributed by atoms with Crippen molar-refractivity contribution < 1.29 is 4.74 Å². The predicted octanol–water partition coefficient (Wildman–Crippen LogP) is 6.40. The van der Waals surface area contributed by atoms with Gasteiger partial charge in [-0.15, -0.1) is 0 Å². The third-order valence-corrected chi connectivity index (χ3v) is 5.24. The molecule has 4 rings (SSSR count). The minimum Gasteiger partial charge on any atom is -0.492 e. The Hall–Kier alpha value is -2.49. The molecule has 3 nitrogen and oxygen atoms in total. The van der Waals surface area contributed by atoms with Crippen LogP contribution in [0.2, 0.25) is 10.0 Å². The average Bonchev–Trinajstić information content (AvgIpc) is 3.03. The Bertz CT molecular complexity index is 1100. The number of hydrogen-bond donors (Lipinski definition) is 0. The summed E-state index contributed by atoms with van der Waals surface area (Å²) in [4.78, 5) is 4.80. The predicted molar refractivity (Wildman–Crippen MR) is 112 cm³/mol. The van der Waals surface area contributed by atoms with Crippen molar-refractivity contribution in [3.8, 4) is 17.1 Å². The van der Waals surface area contributed by atoms with E-state index in [2.05, 4.69) is 10.6 Å². The SMILES string of the molecule is Cc1cc(OCCn2c(-c3ccccc3Cl)nc3ccccc32)ccc1Cl. The molecule has 0 fully saturated rings. The molecule has 0 amide bonds. The van der Waals surface area contributed by atoms with Gasteiger partial charge in [0.1, 0.15) is 18.2 Å². The molecule has 0 radical (unpaired) electrons. The molecule has 5 heteroatoms. The molecule has 0 spiro atoms. The van der Waals surface area contributed by atoms with Crippen LogP contribution in [0.1, 0.15) is 5.56 Å². The van der Waals surface area contributed by atoms with Gasteiger partial charge in [0.25, 0.3) is 0 Å². The first-order chi connectivity index (χ1) is 13.1. The van der Waals surface area contributed by atoms with Gasteiger partial charge in [0.05, 0.1) is 22.6 Å². The van der Waals surface area contributed by atoms with Crippen LogP contribution >= 0.6 is 23.2 Å². The molecule has 0 saturated carbocycles. The number of aromatic nitrogens is 2. The van der Waals surface area contributed by atoms with Crippen LogP contribution in [-0.4, -0.2) is 16.2 Å². The molecule has 0 atom stereocenters. The van der Waals surface area contributed by atoms with E-state index in [0.29, 0.717) is 18.2 Å². The molecule has 27 heavy (non-hydrogen) atoms. The summed E-state index contributed by atoms with van der Waals surface area (Å²) < 4.78 is 8.10. The summed E-state index contributed by atoms with van der Waals surface area (Å²) in [7, 11) is 0. The van der Waals surface area contributed by atoms with Crippen molar-refractivity contribution in [2.24, 2.45) is 0 Å². The Kier molecular flexibility index (Phi) is 5.06. The second-order valence-electron chi connectivity index (χ2n) is 6.32. The summed E-state index contributed by atoms with van der Waals surface area (Å²) in [6.45, 7) is 3.13. The van der Waals surface area contributed by atoms with Crippen LogP contribution in [0, 0.1) is 6.92 Å². The maximum atomic E-state index is 6.42. The van der Waals surface area contributed by atoms with Crippen LogP contribution in [0.4, 0.5) is 0 Å².